The molecule has 1 rings (SSSR count). The van der Waals surface area contributed by atoms with Gasteiger partial charge in [0.1, 0.15) is 0 Å². The number of sulfonamides is 1. The van der Waals surface area contributed by atoms with Crippen LogP contribution in [0.5, 0.6) is 0 Å². The fraction of sp³-hybridized carbons (Fsp3) is 0.700. The first-order valence-corrected chi connectivity index (χ1v) is 7.04. The van der Waals surface area contributed by atoms with Crippen LogP contribution in [0.25, 0.3) is 0 Å². The first-order valence-electron chi connectivity index (χ1n) is 5.19. The lowest BCUT2D eigenvalue weighted by Gasteiger charge is -2.32. The summed E-state index contributed by atoms with van der Waals surface area (Å²) in [7, 11) is -3.12. The van der Waals surface area contributed by atoms with Crippen LogP contribution in [0.15, 0.2) is 11.6 Å². The third-order valence-corrected chi connectivity index (χ3v) is 3.73. The standard InChI is InChI=1S/C10H18N2O3S/c1-9(2)8-10(13)11-4-6-12(7-5-11)16(3,14)15/h8H,4-7H2,1-3H3. The molecule has 0 aromatic heterocycles. The zero-order chi connectivity index (χ0) is 12.3. The molecule has 0 atom stereocenters. The zero-order valence-corrected chi connectivity index (χ0v) is 10.7. The van der Waals surface area contributed by atoms with Crippen molar-refractivity contribution >= 4 is 15.9 Å². The first-order chi connectivity index (χ1) is 7.30. The second-order valence-corrected chi connectivity index (χ2v) is 6.19. The Balaban J connectivity index is 2.56. The lowest BCUT2D eigenvalue weighted by Crippen LogP contribution is -2.49. The molecule has 0 N–H and O–H groups in total. The van der Waals surface area contributed by atoms with Crippen LogP contribution in [-0.2, 0) is 14.8 Å². The lowest BCUT2D eigenvalue weighted by atomic mass is 10.3. The Kier molecular flexibility index (Phi) is 4.09. The van der Waals surface area contributed by atoms with Gasteiger partial charge in [0.2, 0.25) is 15.9 Å². The Hall–Kier alpha value is -0.880. The number of carbonyl (C=O) groups is 1. The highest BCUT2D eigenvalue weighted by atomic mass is 32.2. The Morgan fingerprint density at radius 1 is 1.12 bits per heavy atom. The van der Waals surface area contributed by atoms with E-state index in [1.54, 1.807) is 11.0 Å². The van der Waals surface area contributed by atoms with E-state index >= 15 is 0 Å². The Morgan fingerprint density at radius 3 is 2.00 bits per heavy atom. The number of amides is 1. The minimum atomic E-state index is -3.12. The number of allylic oxidation sites excluding steroid dienone is 1. The highest BCUT2D eigenvalue weighted by molar-refractivity contribution is 7.88. The van der Waals surface area contributed by atoms with Crippen LogP contribution in [0.3, 0.4) is 0 Å². The van der Waals surface area contributed by atoms with Gasteiger partial charge in [-0.1, -0.05) is 5.57 Å². The molecule has 1 fully saturated rings. The van der Waals surface area contributed by atoms with E-state index in [1.807, 2.05) is 13.8 Å². The van der Waals surface area contributed by atoms with Gasteiger partial charge in [0.25, 0.3) is 0 Å². The Morgan fingerprint density at radius 2 is 1.62 bits per heavy atom. The molecule has 0 bridgehead atoms. The minimum Gasteiger partial charge on any atom is -0.337 e. The predicted molar refractivity (Wildman–Crippen MR) is 62.4 cm³/mol. The van der Waals surface area contributed by atoms with Crippen LogP contribution in [0, 0.1) is 0 Å². The number of nitrogens with zero attached hydrogens (tertiary/aromatic N) is 2. The highest BCUT2D eigenvalue weighted by Crippen LogP contribution is 2.07. The van der Waals surface area contributed by atoms with Gasteiger partial charge in [-0.25, -0.2) is 8.42 Å². The minimum absolute atomic E-state index is 0.0341. The second-order valence-electron chi connectivity index (χ2n) is 4.21. The van der Waals surface area contributed by atoms with E-state index in [4.69, 9.17) is 0 Å². The number of carbonyl (C=O) groups excluding carboxylic acids is 1. The zero-order valence-electron chi connectivity index (χ0n) is 9.93. The summed E-state index contributed by atoms with van der Waals surface area (Å²) in [6, 6.07) is 0. The summed E-state index contributed by atoms with van der Waals surface area (Å²) in [4.78, 5) is 13.3. The van der Waals surface area contributed by atoms with Crippen LogP contribution < -0.4 is 0 Å². The molecule has 16 heavy (non-hydrogen) atoms. The van der Waals surface area contributed by atoms with Gasteiger partial charge in [-0.05, 0) is 13.8 Å². The van der Waals surface area contributed by atoms with E-state index in [1.165, 1.54) is 10.6 Å². The summed E-state index contributed by atoms with van der Waals surface area (Å²) in [5.41, 5.74) is 0.954. The summed E-state index contributed by atoms with van der Waals surface area (Å²) in [6.45, 7) is 5.45. The van der Waals surface area contributed by atoms with Gasteiger partial charge >= 0.3 is 0 Å². The third-order valence-electron chi connectivity index (χ3n) is 2.43. The van der Waals surface area contributed by atoms with Gasteiger partial charge in [0.15, 0.2) is 0 Å². The quantitative estimate of drug-likeness (QED) is 0.647. The molecule has 0 radical (unpaired) electrons. The predicted octanol–water partition coefficient (Wildman–Crippen LogP) is 0.0564. The van der Waals surface area contributed by atoms with E-state index in [2.05, 4.69) is 0 Å². The number of hydrogen-bond acceptors (Lipinski definition) is 3. The van der Waals surface area contributed by atoms with Crippen molar-refractivity contribution < 1.29 is 13.2 Å². The Bertz CT molecular complexity index is 388. The molecule has 1 aliphatic rings. The number of piperazine rings is 1. The van der Waals surface area contributed by atoms with Crippen LogP contribution in [0.2, 0.25) is 0 Å². The average molecular weight is 246 g/mol. The summed E-state index contributed by atoms with van der Waals surface area (Å²) in [5, 5.41) is 0. The summed E-state index contributed by atoms with van der Waals surface area (Å²) >= 11 is 0. The van der Waals surface area contributed by atoms with E-state index < -0.39 is 10.0 Å². The van der Waals surface area contributed by atoms with Gasteiger partial charge in [-0.3, -0.25) is 4.79 Å². The monoisotopic (exact) mass is 246 g/mol. The topological polar surface area (TPSA) is 57.7 Å². The fourth-order valence-corrected chi connectivity index (χ4v) is 2.40. The molecular formula is C10H18N2O3S. The molecule has 1 amide bonds. The van der Waals surface area contributed by atoms with Crippen LogP contribution >= 0.6 is 0 Å². The lowest BCUT2D eigenvalue weighted by molar-refractivity contribution is -0.127. The maximum atomic E-state index is 11.6. The van der Waals surface area contributed by atoms with Crippen molar-refractivity contribution in [2.75, 3.05) is 32.4 Å². The molecule has 5 nitrogen and oxygen atoms in total. The normalized spacial score (nSPS) is 18.3. The molecule has 0 unspecified atom stereocenters. The average Bonchev–Trinajstić information content (AvgIpc) is 2.15. The van der Waals surface area contributed by atoms with Gasteiger partial charge in [0.05, 0.1) is 6.26 Å². The second kappa shape index (κ2) is 4.97. The van der Waals surface area contributed by atoms with Crippen LogP contribution in [0.1, 0.15) is 13.8 Å². The van der Waals surface area contributed by atoms with E-state index in [-0.39, 0.29) is 5.91 Å². The van der Waals surface area contributed by atoms with Crippen molar-refractivity contribution in [3.05, 3.63) is 11.6 Å². The van der Waals surface area contributed by atoms with Gasteiger partial charge in [-0.15, -0.1) is 0 Å². The fourth-order valence-electron chi connectivity index (χ4n) is 1.58. The molecule has 1 saturated heterocycles. The van der Waals surface area contributed by atoms with Crippen molar-refractivity contribution in [2.45, 2.75) is 13.8 Å². The number of hydrogen-bond donors (Lipinski definition) is 0. The highest BCUT2D eigenvalue weighted by Gasteiger charge is 2.24. The Labute approximate surface area is 96.8 Å². The maximum Gasteiger partial charge on any atom is 0.246 e. The summed E-state index contributed by atoms with van der Waals surface area (Å²) in [5.74, 6) is -0.0341. The molecule has 0 aliphatic carbocycles. The van der Waals surface area contributed by atoms with Crippen molar-refractivity contribution in [3.63, 3.8) is 0 Å². The van der Waals surface area contributed by atoms with Crippen molar-refractivity contribution in [2.24, 2.45) is 0 Å². The molecule has 92 valence electrons. The molecule has 0 spiro atoms. The maximum absolute atomic E-state index is 11.6. The van der Waals surface area contributed by atoms with Crippen molar-refractivity contribution in [1.29, 1.82) is 0 Å². The molecule has 6 heteroatoms. The van der Waals surface area contributed by atoms with Crippen molar-refractivity contribution in [3.8, 4) is 0 Å². The molecule has 0 aromatic rings. The molecular weight excluding hydrogens is 228 g/mol. The SMILES string of the molecule is CC(C)=CC(=O)N1CCN(S(C)(=O)=O)CC1. The van der Waals surface area contributed by atoms with Crippen LogP contribution in [-0.4, -0.2) is 56.0 Å². The largest absolute Gasteiger partial charge is 0.337 e. The third kappa shape index (κ3) is 3.61. The van der Waals surface area contributed by atoms with Crippen LogP contribution in [0.4, 0.5) is 0 Å². The smallest absolute Gasteiger partial charge is 0.246 e. The van der Waals surface area contributed by atoms with Gasteiger partial charge in [-0.2, -0.15) is 4.31 Å². The van der Waals surface area contributed by atoms with E-state index in [9.17, 15) is 13.2 Å². The van der Waals surface area contributed by atoms with Crippen molar-refractivity contribution in [1.82, 2.24) is 9.21 Å². The van der Waals surface area contributed by atoms with E-state index in [0.717, 1.165) is 5.57 Å². The summed E-state index contributed by atoms with van der Waals surface area (Å²) in [6.07, 6.45) is 2.77. The summed E-state index contributed by atoms with van der Waals surface area (Å²) < 4.78 is 23.9. The first kappa shape index (κ1) is 13.2. The number of rotatable bonds is 2. The molecule has 0 aromatic carbocycles. The molecule has 1 aliphatic heterocycles. The van der Waals surface area contributed by atoms with E-state index in [0.29, 0.717) is 26.2 Å². The molecule has 1 heterocycles. The molecule has 0 saturated carbocycles. The van der Waals surface area contributed by atoms with Gasteiger partial charge in [0, 0.05) is 32.3 Å². The van der Waals surface area contributed by atoms with Gasteiger partial charge < -0.3 is 4.90 Å².